The van der Waals surface area contributed by atoms with Gasteiger partial charge in [0.2, 0.25) is 11.8 Å². The molecule has 2 unspecified atom stereocenters. The first-order chi connectivity index (χ1) is 10.0. The summed E-state index contributed by atoms with van der Waals surface area (Å²) in [6.45, 7) is 2.36. The minimum absolute atomic E-state index is 0.0152. The van der Waals surface area contributed by atoms with E-state index in [1.807, 2.05) is 0 Å². The van der Waals surface area contributed by atoms with Gasteiger partial charge >= 0.3 is 0 Å². The fourth-order valence-corrected chi connectivity index (χ4v) is 4.53. The normalized spacial score (nSPS) is 35.9. The van der Waals surface area contributed by atoms with Gasteiger partial charge in [-0.2, -0.15) is 0 Å². The molecule has 118 valence electrons. The first-order valence-corrected chi connectivity index (χ1v) is 8.61. The first-order valence-electron chi connectivity index (χ1n) is 8.61. The number of imide groups is 1. The van der Waals surface area contributed by atoms with E-state index in [0.717, 1.165) is 57.8 Å². The molecule has 1 aliphatic heterocycles. The maximum atomic E-state index is 12.6. The number of nitrogens with zero attached hydrogens (tertiary/aromatic N) is 1. The van der Waals surface area contributed by atoms with Gasteiger partial charge in [-0.3, -0.25) is 14.5 Å². The van der Waals surface area contributed by atoms with Gasteiger partial charge in [0.25, 0.3) is 0 Å². The maximum Gasteiger partial charge on any atom is 0.233 e. The molecular formula is C17H27NO3. The lowest BCUT2D eigenvalue weighted by Gasteiger charge is -2.31. The molecule has 0 aromatic heterocycles. The van der Waals surface area contributed by atoms with Crippen LogP contribution in [-0.2, 0) is 9.59 Å². The quantitative estimate of drug-likeness (QED) is 0.642. The van der Waals surface area contributed by atoms with Gasteiger partial charge in [-0.15, -0.1) is 0 Å². The zero-order valence-corrected chi connectivity index (χ0v) is 13.0. The summed E-state index contributed by atoms with van der Waals surface area (Å²) >= 11 is 0. The Labute approximate surface area is 126 Å². The molecular weight excluding hydrogens is 266 g/mol. The summed E-state index contributed by atoms with van der Waals surface area (Å²) in [4.78, 5) is 26.5. The summed E-state index contributed by atoms with van der Waals surface area (Å²) in [5.74, 6) is 0.293. The van der Waals surface area contributed by atoms with E-state index in [1.165, 1.54) is 4.90 Å². The lowest BCUT2D eigenvalue weighted by Crippen LogP contribution is -2.46. The fourth-order valence-electron chi connectivity index (χ4n) is 4.53. The molecule has 0 bridgehead atoms. The molecule has 1 saturated heterocycles. The van der Waals surface area contributed by atoms with Crippen LogP contribution in [0.3, 0.4) is 0 Å². The molecule has 4 heteroatoms. The number of likely N-dealkylation sites (tertiary alicyclic amines) is 1. The van der Waals surface area contributed by atoms with Gasteiger partial charge < -0.3 is 5.11 Å². The zero-order valence-electron chi connectivity index (χ0n) is 13.0. The molecule has 1 heterocycles. The number of amides is 2. The lowest BCUT2D eigenvalue weighted by molar-refractivity contribution is -0.145. The molecule has 0 spiro atoms. The molecule has 3 rings (SSSR count). The van der Waals surface area contributed by atoms with Gasteiger partial charge in [0.15, 0.2) is 0 Å². The SMILES string of the molecule is CCC1CC2C(=O)N(CC3(O)CCCCCC3)C(=O)C2C1. The van der Waals surface area contributed by atoms with Crippen molar-refractivity contribution in [2.24, 2.45) is 17.8 Å². The Hall–Kier alpha value is -0.900. The Morgan fingerprint density at radius 1 is 1.05 bits per heavy atom. The summed E-state index contributed by atoms with van der Waals surface area (Å²) in [5, 5.41) is 10.8. The number of aliphatic hydroxyl groups is 1. The third-order valence-electron chi connectivity index (χ3n) is 5.89. The summed E-state index contributed by atoms with van der Waals surface area (Å²) in [7, 11) is 0. The highest BCUT2D eigenvalue weighted by Gasteiger charge is 2.53. The van der Waals surface area contributed by atoms with E-state index in [9.17, 15) is 14.7 Å². The summed E-state index contributed by atoms with van der Waals surface area (Å²) in [6, 6.07) is 0. The summed E-state index contributed by atoms with van der Waals surface area (Å²) in [5.41, 5.74) is -0.843. The molecule has 1 N–H and O–H groups in total. The first kappa shape index (κ1) is 15.0. The number of carbonyl (C=O) groups excluding carboxylic acids is 2. The molecule has 2 amide bonds. The average molecular weight is 293 g/mol. The molecule has 2 aliphatic carbocycles. The summed E-state index contributed by atoms with van der Waals surface area (Å²) in [6.07, 6.45) is 8.50. The fraction of sp³-hybridized carbons (Fsp3) is 0.882. The van der Waals surface area contributed by atoms with Crippen molar-refractivity contribution in [3.63, 3.8) is 0 Å². The van der Waals surface area contributed by atoms with Crippen LogP contribution in [0, 0.1) is 17.8 Å². The van der Waals surface area contributed by atoms with Crippen LogP contribution in [-0.4, -0.2) is 34.0 Å². The van der Waals surface area contributed by atoms with Crippen molar-refractivity contribution in [1.29, 1.82) is 0 Å². The van der Waals surface area contributed by atoms with Crippen molar-refractivity contribution < 1.29 is 14.7 Å². The van der Waals surface area contributed by atoms with Crippen LogP contribution in [0.4, 0.5) is 0 Å². The Kier molecular flexibility index (Phi) is 4.08. The summed E-state index contributed by atoms with van der Waals surface area (Å²) < 4.78 is 0. The molecule has 0 aromatic rings. The number of fused-ring (bicyclic) bond motifs is 1. The van der Waals surface area contributed by atoms with Crippen molar-refractivity contribution in [3.05, 3.63) is 0 Å². The molecule has 3 aliphatic rings. The van der Waals surface area contributed by atoms with Crippen LogP contribution in [0.15, 0.2) is 0 Å². The van der Waals surface area contributed by atoms with Crippen LogP contribution in [0.5, 0.6) is 0 Å². The molecule has 21 heavy (non-hydrogen) atoms. The third-order valence-corrected chi connectivity index (χ3v) is 5.89. The number of carbonyl (C=O) groups is 2. The maximum absolute atomic E-state index is 12.6. The van der Waals surface area contributed by atoms with Crippen LogP contribution in [0.25, 0.3) is 0 Å². The molecule has 0 aromatic carbocycles. The second-order valence-electron chi connectivity index (χ2n) is 7.36. The van der Waals surface area contributed by atoms with Crippen LogP contribution >= 0.6 is 0 Å². The van der Waals surface area contributed by atoms with E-state index in [2.05, 4.69) is 6.92 Å². The van der Waals surface area contributed by atoms with E-state index in [1.54, 1.807) is 0 Å². The van der Waals surface area contributed by atoms with Gasteiger partial charge in [0.05, 0.1) is 24.0 Å². The highest BCUT2D eigenvalue weighted by atomic mass is 16.3. The van der Waals surface area contributed by atoms with Gasteiger partial charge in [-0.25, -0.2) is 0 Å². The van der Waals surface area contributed by atoms with Crippen molar-refractivity contribution in [2.45, 2.75) is 70.3 Å². The van der Waals surface area contributed by atoms with Crippen LogP contribution in [0.2, 0.25) is 0 Å². The number of hydrogen-bond acceptors (Lipinski definition) is 3. The zero-order chi connectivity index (χ0) is 15.0. The van der Waals surface area contributed by atoms with Gasteiger partial charge in [0, 0.05) is 0 Å². The molecule has 4 nitrogen and oxygen atoms in total. The minimum atomic E-state index is -0.843. The van der Waals surface area contributed by atoms with E-state index in [-0.39, 0.29) is 30.2 Å². The minimum Gasteiger partial charge on any atom is -0.388 e. The monoisotopic (exact) mass is 293 g/mol. The van der Waals surface area contributed by atoms with Crippen LogP contribution in [0.1, 0.15) is 64.7 Å². The highest BCUT2D eigenvalue weighted by Crippen LogP contribution is 2.45. The average Bonchev–Trinajstić information content (AvgIpc) is 2.89. The van der Waals surface area contributed by atoms with Gasteiger partial charge in [-0.1, -0.05) is 39.0 Å². The Bertz CT molecular complexity index is 402. The smallest absolute Gasteiger partial charge is 0.233 e. The van der Waals surface area contributed by atoms with E-state index < -0.39 is 5.60 Å². The number of rotatable bonds is 3. The number of hydrogen-bond donors (Lipinski definition) is 1. The second kappa shape index (κ2) is 5.71. The Balaban J connectivity index is 1.70. The molecule has 2 saturated carbocycles. The topological polar surface area (TPSA) is 57.6 Å². The molecule has 0 radical (unpaired) electrons. The highest BCUT2D eigenvalue weighted by molar-refractivity contribution is 6.05. The van der Waals surface area contributed by atoms with Gasteiger partial charge in [-0.05, 0) is 31.6 Å². The molecule has 3 fully saturated rings. The third kappa shape index (κ3) is 2.75. The van der Waals surface area contributed by atoms with Gasteiger partial charge in [0.1, 0.15) is 0 Å². The standard InChI is InChI=1S/C17H27NO3/c1-2-12-9-13-14(10-12)16(20)18(15(13)19)11-17(21)7-5-3-4-6-8-17/h12-14,21H,2-11H2,1H3. The van der Waals surface area contributed by atoms with E-state index in [0.29, 0.717) is 5.92 Å². The molecule has 2 atom stereocenters. The van der Waals surface area contributed by atoms with Crippen LogP contribution < -0.4 is 0 Å². The number of β-amino-alcohol motifs (C(OH)–C–C–N with tert-alkyl or cyclic N) is 1. The van der Waals surface area contributed by atoms with Crippen molar-refractivity contribution >= 4 is 11.8 Å². The van der Waals surface area contributed by atoms with Crippen molar-refractivity contribution in [1.82, 2.24) is 4.90 Å². The Morgan fingerprint density at radius 2 is 1.57 bits per heavy atom. The predicted octanol–water partition coefficient (Wildman–Crippen LogP) is 2.49. The van der Waals surface area contributed by atoms with Crippen molar-refractivity contribution in [2.75, 3.05) is 6.54 Å². The predicted molar refractivity (Wildman–Crippen MR) is 79.4 cm³/mol. The second-order valence-corrected chi connectivity index (χ2v) is 7.36. The lowest BCUT2D eigenvalue weighted by atomic mass is 9.93. The van der Waals surface area contributed by atoms with E-state index >= 15 is 0 Å². The largest absolute Gasteiger partial charge is 0.388 e. The Morgan fingerprint density at radius 3 is 2.05 bits per heavy atom. The van der Waals surface area contributed by atoms with Crippen molar-refractivity contribution in [3.8, 4) is 0 Å². The van der Waals surface area contributed by atoms with E-state index in [4.69, 9.17) is 0 Å².